The number of ether oxygens (including phenoxy) is 3. The second-order valence-electron chi connectivity index (χ2n) is 8.75. The molecular formula is C30H25N3O5S2. The zero-order chi connectivity index (χ0) is 28.2. The zero-order valence-corrected chi connectivity index (χ0v) is 23.7. The van der Waals surface area contributed by atoms with E-state index < -0.39 is 12.0 Å². The molecule has 0 saturated heterocycles. The van der Waals surface area contributed by atoms with Gasteiger partial charge in [0.25, 0.3) is 5.56 Å². The molecule has 1 aliphatic heterocycles. The minimum Gasteiger partial charge on any atom is -0.493 e. The Balaban J connectivity index is 1.62. The van der Waals surface area contributed by atoms with E-state index in [-0.39, 0.29) is 18.8 Å². The number of rotatable bonds is 8. The third-order valence-corrected chi connectivity index (χ3v) is 8.26. The van der Waals surface area contributed by atoms with E-state index in [2.05, 4.69) is 11.1 Å². The van der Waals surface area contributed by atoms with E-state index in [0.717, 1.165) is 10.4 Å². The number of hydrogen-bond donors (Lipinski definition) is 0. The average molecular weight is 572 g/mol. The molecule has 1 aliphatic rings. The van der Waals surface area contributed by atoms with Crippen LogP contribution in [0.4, 0.5) is 0 Å². The van der Waals surface area contributed by atoms with Crippen LogP contribution in [0.25, 0.3) is 6.08 Å². The van der Waals surface area contributed by atoms with Gasteiger partial charge in [-0.1, -0.05) is 47.7 Å². The zero-order valence-electron chi connectivity index (χ0n) is 22.0. The Kier molecular flexibility index (Phi) is 7.96. The fourth-order valence-corrected chi connectivity index (χ4v) is 6.38. The Labute approximate surface area is 238 Å². The Hall–Kier alpha value is -4.46. The Morgan fingerprint density at radius 2 is 2.00 bits per heavy atom. The molecule has 5 rings (SSSR count). The number of carbonyl (C=O) groups is 1. The van der Waals surface area contributed by atoms with Crippen molar-refractivity contribution in [2.45, 2.75) is 26.5 Å². The number of thiazole rings is 1. The van der Waals surface area contributed by atoms with Crippen LogP contribution < -0.4 is 24.4 Å². The molecule has 0 amide bonds. The SMILES string of the molecule is CCOC(=O)C1=C(C)N=c2s/c(=C\c3cccc(OC)c3OCc3ccccc3C#N)c(=O)n2[C@H]1c1cccs1. The van der Waals surface area contributed by atoms with Crippen molar-refractivity contribution in [3.63, 3.8) is 0 Å². The molecule has 2 aromatic heterocycles. The molecular weight excluding hydrogens is 546 g/mol. The summed E-state index contributed by atoms with van der Waals surface area (Å²) in [7, 11) is 1.55. The van der Waals surface area contributed by atoms with Crippen molar-refractivity contribution in [2.75, 3.05) is 13.7 Å². The van der Waals surface area contributed by atoms with Crippen molar-refractivity contribution >= 4 is 34.7 Å². The number of methoxy groups -OCH3 is 1. The van der Waals surface area contributed by atoms with Gasteiger partial charge in [0, 0.05) is 16.0 Å². The van der Waals surface area contributed by atoms with Crippen molar-refractivity contribution in [1.82, 2.24) is 4.57 Å². The summed E-state index contributed by atoms with van der Waals surface area (Å²) in [5.74, 6) is 0.451. The van der Waals surface area contributed by atoms with Crippen molar-refractivity contribution in [1.29, 1.82) is 5.26 Å². The number of carbonyl (C=O) groups excluding carboxylic acids is 1. The highest BCUT2D eigenvalue weighted by molar-refractivity contribution is 7.10. The maximum Gasteiger partial charge on any atom is 0.338 e. The summed E-state index contributed by atoms with van der Waals surface area (Å²) in [6.45, 7) is 3.87. The predicted molar refractivity (Wildman–Crippen MR) is 153 cm³/mol. The molecule has 0 N–H and O–H groups in total. The van der Waals surface area contributed by atoms with Crippen molar-refractivity contribution in [2.24, 2.45) is 4.99 Å². The highest BCUT2D eigenvalue weighted by Crippen LogP contribution is 2.34. The second kappa shape index (κ2) is 11.7. The van der Waals surface area contributed by atoms with Crippen LogP contribution in [0.1, 0.15) is 41.5 Å². The van der Waals surface area contributed by atoms with Gasteiger partial charge in [-0.15, -0.1) is 11.3 Å². The smallest absolute Gasteiger partial charge is 0.338 e. The van der Waals surface area contributed by atoms with Gasteiger partial charge in [0.15, 0.2) is 16.3 Å². The van der Waals surface area contributed by atoms with E-state index in [4.69, 9.17) is 14.2 Å². The summed E-state index contributed by atoms with van der Waals surface area (Å²) < 4.78 is 19.1. The molecule has 0 saturated carbocycles. The highest BCUT2D eigenvalue weighted by atomic mass is 32.1. The molecule has 40 heavy (non-hydrogen) atoms. The number of esters is 1. The monoisotopic (exact) mass is 571 g/mol. The molecule has 3 heterocycles. The van der Waals surface area contributed by atoms with Crippen LogP contribution in [0.3, 0.4) is 0 Å². The lowest BCUT2D eigenvalue weighted by Crippen LogP contribution is -2.39. The van der Waals surface area contributed by atoms with E-state index in [1.807, 2.05) is 41.8 Å². The number of allylic oxidation sites excluding steroid dienone is 1. The molecule has 0 aliphatic carbocycles. The lowest BCUT2D eigenvalue weighted by Gasteiger charge is -2.23. The van der Waals surface area contributed by atoms with Crippen molar-refractivity contribution < 1.29 is 19.0 Å². The Morgan fingerprint density at radius 1 is 1.18 bits per heavy atom. The van der Waals surface area contributed by atoms with Gasteiger partial charge in [-0.25, -0.2) is 9.79 Å². The van der Waals surface area contributed by atoms with Crippen molar-refractivity contribution in [3.05, 3.63) is 113 Å². The summed E-state index contributed by atoms with van der Waals surface area (Å²) >= 11 is 2.70. The van der Waals surface area contributed by atoms with Gasteiger partial charge in [-0.3, -0.25) is 9.36 Å². The van der Waals surface area contributed by atoms with Crippen LogP contribution in [0.15, 0.2) is 81.0 Å². The molecule has 2 aromatic carbocycles. The van der Waals surface area contributed by atoms with Gasteiger partial charge < -0.3 is 14.2 Å². The quantitative estimate of drug-likeness (QED) is 0.292. The largest absolute Gasteiger partial charge is 0.493 e. The fourth-order valence-electron chi connectivity index (χ4n) is 4.52. The molecule has 202 valence electrons. The number of aromatic nitrogens is 1. The standard InChI is InChI=1S/C30H25N3O5S2/c1-4-37-29(35)25-18(2)32-30-33(26(25)23-13-8-14-39-23)28(34)24(40-30)15-19-11-7-12-22(36-3)27(19)38-17-21-10-6-5-9-20(21)16-31/h5-15,26H,4,17H2,1-3H3/b24-15-/t26-/m0/s1. The molecule has 0 unspecified atom stereocenters. The van der Waals surface area contributed by atoms with Gasteiger partial charge in [0.05, 0.1) is 41.2 Å². The topological polar surface area (TPSA) is 103 Å². The number of para-hydroxylation sites is 1. The van der Waals surface area contributed by atoms with Crippen LogP contribution in [-0.2, 0) is 16.1 Å². The number of nitrogens with zero attached hydrogens (tertiary/aromatic N) is 3. The number of benzene rings is 2. The van der Waals surface area contributed by atoms with Gasteiger partial charge >= 0.3 is 5.97 Å². The highest BCUT2D eigenvalue weighted by Gasteiger charge is 2.34. The van der Waals surface area contributed by atoms with E-state index in [9.17, 15) is 14.9 Å². The summed E-state index contributed by atoms with van der Waals surface area (Å²) in [5.41, 5.74) is 2.48. The normalized spacial score (nSPS) is 14.8. The molecule has 8 nitrogen and oxygen atoms in total. The Morgan fingerprint density at radius 3 is 2.73 bits per heavy atom. The lowest BCUT2D eigenvalue weighted by atomic mass is 10.0. The van der Waals surface area contributed by atoms with Gasteiger partial charge in [-0.05, 0) is 43.5 Å². The van der Waals surface area contributed by atoms with Gasteiger partial charge in [0.1, 0.15) is 12.6 Å². The van der Waals surface area contributed by atoms with Crippen LogP contribution in [-0.4, -0.2) is 24.3 Å². The Bertz CT molecular complexity index is 1830. The molecule has 0 fully saturated rings. The van der Waals surface area contributed by atoms with E-state index >= 15 is 0 Å². The summed E-state index contributed by atoms with van der Waals surface area (Å²) in [6, 6.07) is 18.0. The molecule has 1 atom stereocenters. The van der Waals surface area contributed by atoms with E-state index in [1.54, 1.807) is 49.8 Å². The maximum absolute atomic E-state index is 13.9. The first-order chi connectivity index (χ1) is 19.5. The molecule has 0 spiro atoms. The summed E-state index contributed by atoms with van der Waals surface area (Å²) in [4.78, 5) is 32.8. The third kappa shape index (κ3) is 5.09. The first kappa shape index (κ1) is 27.1. The predicted octanol–water partition coefficient (Wildman–Crippen LogP) is 4.32. The minimum atomic E-state index is -0.638. The van der Waals surface area contributed by atoms with Gasteiger partial charge in [-0.2, -0.15) is 5.26 Å². The number of fused-ring (bicyclic) bond motifs is 1. The molecule has 0 bridgehead atoms. The van der Waals surface area contributed by atoms with Crippen LogP contribution in [0.2, 0.25) is 0 Å². The summed E-state index contributed by atoms with van der Waals surface area (Å²) in [5, 5.41) is 11.4. The first-order valence-corrected chi connectivity index (χ1v) is 14.2. The van der Waals surface area contributed by atoms with Crippen LogP contribution >= 0.6 is 22.7 Å². The van der Waals surface area contributed by atoms with E-state index in [0.29, 0.717) is 43.2 Å². The summed E-state index contributed by atoms with van der Waals surface area (Å²) in [6.07, 6.45) is 1.74. The lowest BCUT2D eigenvalue weighted by molar-refractivity contribution is -0.139. The average Bonchev–Trinajstić information content (AvgIpc) is 3.60. The van der Waals surface area contributed by atoms with Crippen LogP contribution in [0.5, 0.6) is 11.5 Å². The number of hydrogen-bond acceptors (Lipinski definition) is 9. The fraction of sp³-hybridized carbons (Fsp3) is 0.200. The molecule has 0 radical (unpaired) electrons. The molecule has 4 aromatic rings. The first-order valence-electron chi connectivity index (χ1n) is 12.5. The number of nitriles is 1. The minimum absolute atomic E-state index is 0.146. The molecule has 10 heteroatoms. The van der Waals surface area contributed by atoms with Crippen LogP contribution in [0, 0.1) is 11.3 Å². The van der Waals surface area contributed by atoms with E-state index in [1.165, 1.54) is 22.7 Å². The van der Waals surface area contributed by atoms with Gasteiger partial charge in [0.2, 0.25) is 0 Å². The maximum atomic E-state index is 13.9. The second-order valence-corrected chi connectivity index (χ2v) is 10.7. The van der Waals surface area contributed by atoms with Crippen molar-refractivity contribution in [3.8, 4) is 17.6 Å². The number of thiophene rings is 1. The third-order valence-electron chi connectivity index (χ3n) is 6.36.